The summed E-state index contributed by atoms with van der Waals surface area (Å²) in [6.07, 6.45) is 2.80. The van der Waals surface area contributed by atoms with Crippen LogP contribution in [0.2, 0.25) is 0 Å². The van der Waals surface area contributed by atoms with Crippen LogP contribution >= 0.6 is 11.3 Å². The van der Waals surface area contributed by atoms with Gasteiger partial charge in [-0.05, 0) is 30.0 Å². The van der Waals surface area contributed by atoms with Gasteiger partial charge in [-0.25, -0.2) is 4.98 Å². The van der Waals surface area contributed by atoms with Crippen LogP contribution in [0.3, 0.4) is 0 Å². The highest BCUT2D eigenvalue weighted by Crippen LogP contribution is 2.27. The van der Waals surface area contributed by atoms with Gasteiger partial charge in [-0.1, -0.05) is 12.1 Å². The van der Waals surface area contributed by atoms with Gasteiger partial charge < -0.3 is 0 Å². The first-order valence-corrected chi connectivity index (χ1v) is 6.15. The third-order valence-corrected chi connectivity index (χ3v) is 3.55. The lowest BCUT2D eigenvalue weighted by Gasteiger charge is -1.97. The zero-order valence-corrected chi connectivity index (χ0v) is 10.1. The Hall–Kier alpha value is -1.94. The van der Waals surface area contributed by atoms with E-state index in [1.165, 1.54) is 0 Å². The average Bonchev–Trinajstić information content (AvgIpc) is 2.94. The molecular weight excluding hydrogens is 232 g/mol. The summed E-state index contributed by atoms with van der Waals surface area (Å²) in [7, 11) is 0. The van der Waals surface area contributed by atoms with Crippen molar-refractivity contribution in [3.05, 3.63) is 47.1 Å². The van der Waals surface area contributed by atoms with Gasteiger partial charge in [0.2, 0.25) is 0 Å². The van der Waals surface area contributed by atoms with Gasteiger partial charge >= 0.3 is 0 Å². The van der Waals surface area contributed by atoms with Crippen LogP contribution in [0.15, 0.2) is 35.8 Å². The predicted molar refractivity (Wildman–Crippen MR) is 68.6 cm³/mol. The van der Waals surface area contributed by atoms with E-state index >= 15 is 0 Å². The number of thiophene rings is 1. The van der Waals surface area contributed by atoms with Crippen molar-refractivity contribution in [1.82, 2.24) is 9.38 Å². The molecule has 3 rings (SSSR count). The Balaban J connectivity index is 2.36. The van der Waals surface area contributed by atoms with Crippen LogP contribution in [-0.2, 0) is 0 Å². The first kappa shape index (κ1) is 10.2. The molecule has 0 aliphatic heterocycles. The van der Waals surface area contributed by atoms with Crippen LogP contribution in [0.25, 0.3) is 16.2 Å². The molecular formula is C13H10N2OS. The summed E-state index contributed by atoms with van der Waals surface area (Å²) in [4.78, 5) is 16.8. The monoisotopic (exact) mass is 242 g/mol. The van der Waals surface area contributed by atoms with Crippen LogP contribution < -0.4 is 0 Å². The number of hydrogen-bond donors (Lipinski definition) is 0. The van der Waals surface area contributed by atoms with Gasteiger partial charge in [0.05, 0.1) is 4.88 Å². The molecule has 0 fully saturated rings. The van der Waals surface area contributed by atoms with Crippen molar-refractivity contribution in [2.24, 2.45) is 0 Å². The van der Waals surface area contributed by atoms with Gasteiger partial charge in [0.15, 0.2) is 6.29 Å². The molecule has 3 heterocycles. The van der Waals surface area contributed by atoms with Crippen LogP contribution in [0, 0.1) is 6.92 Å². The third kappa shape index (κ3) is 1.57. The van der Waals surface area contributed by atoms with Gasteiger partial charge in [-0.3, -0.25) is 9.20 Å². The molecule has 0 unspecified atom stereocenters. The summed E-state index contributed by atoms with van der Waals surface area (Å²) in [6, 6.07) is 7.87. The van der Waals surface area contributed by atoms with Crippen LogP contribution in [0.1, 0.15) is 16.1 Å². The maximum absolute atomic E-state index is 11.3. The molecule has 0 aliphatic rings. The highest BCUT2D eigenvalue weighted by Gasteiger charge is 2.13. The summed E-state index contributed by atoms with van der Waals surface area (Å²) < 4.78 is 1.84. The SMILES string of the molecule is Cc1ccc2nc(-c3cccs3)c(C=O)n2c1. The molecule has 0 aromatic carbocycles. The number of aromatic nitrogens is 2. The minimum atomic E-state index is 0.617. The van der Waals surface area contributed by atoms with Crippen LogP contribution in [-0.4, -0.2) is 15.7 Å². The zero-order valence-electron chi connectivity index (χ0n) is 9.25. The van der Waals surface area contributed by atoms with Gasteiger partial charge in [0.1, 0.15) is 17.0 Å². The number of carbonyl (C=O) groups excluding carboxylic acids is 1. The fourth-order valence-corrected chi connectivity index (χ4v) is 2.60. The topological polar surface area (TPSA) is 34.4 Å². The number of rotatable bonds is 2. The van der Waals surface area contributed by atoms with Crippen LogP contribution in [0.4, 0.5) is 0 Å². The molecule has 0 amide bonds. The number of fused-ring (bicyclic) bond motifs is 1. The minimum Gasteiger partial charge on any atom is -0.296 e. The lowest BCUT2D eigenvalue weighted by molar-refractivity contribution is 0.111. The number of hydrogen-bond acceptors (Lipinski definition) is 3. The van der Waals surface area contributed by atoms with E-state index in [2.05, 4.69) is 4.98 Å². The highest BCUT2D eigenvalue weighted by molar-refractivity contribution is 7.13. The van der Waals surface area contributed by atoms with Crippen molar-refractivity contribution in [1.29, 1.82) is 0 Å². The maximum atomic E-state index is 11.3. The lowest BCUT2D eigenvalue weighted by atomic mass is 10.3. The number of carbonyl (C=O) groups is 1. The van der Waals surface area contributed by atoms with Crippen molar-refractivity contribution in [3.8, 4) is 10.6 Å². The predicted octanol–water partition coefficient (Wildman–Crippen LogP) is 3.18. The number of aryl methyl sites for hydroxylation is 1. The standard InChI is InChI=1S/C13H10N2OS/c1-9-4-5-12-14-13(11-3-2-6-17-11)10(8-16)15(12)7-9/h2-8H,1H3. The summed E-state index contributed by atoms with van der Waals surface area (Å²) in [6.45, 7) is 2.00. The van der Waals surface area contributed by atoms with E-state index in [4.69, 9.17) is 0 Å². The average molecular weight is 242 g/mol. The molecule has 3 nitrogen and oxygen atoms in total. The van der Waals surface area contributed by atoms with E-state index in [9.17, 15) is 4.79 Å². The van der Waals surface area contributed by atoms with Crippen molar-refractivity contribution < 1.29 is 4.79 Å². The molecule has 0 atom stereocenters. The Morgan fingerprint density at radius 1 is 1.35 bits per heavy atom. The normalized spacial score (nSPS) is 10.9. The lowest BCUT2D eigenvalue weighted by Crippen LogP contribution is -1.92. The largest absolute Gasteiger partial charge is 0.296 e. The molecule has 0 aliphatic carbocycles. The van der Waals surface area contributed by atoms with E-state index in [-0.39, 0.29) is 0 Å². The second-order valence-corrected chi connectivity index (χ2v) is 4.82. The van der Waals surface area contributed by atoms with Crippen molar-refractivity contribution in [2.75, 3.05) is 0 Å². The Kier molecular flexibility index (Phi) is 2.30. The van der Waals surface area contributed by atoms with E-state index < -0.39 is 0 Å². The van der Waals surface area contributed by atoms with Crippen molar-refractivity contribution in [3.63, 3.8) is 0 Å². The fourth-order valence-electron chi connectivity index (χ4n) is 1.88. The fraction of sp³-hybridized carbons (Fsp3) is 0.0769. The second kappa shape index (κ2) is 3.82. The quantitative estimate of drug-likeness (QED) is 0.647. The van der Waals surface area contributed by atoms with E-state index in [0.717, 1.165) is 28.1 Å². The number of pyridine rings is 1. The minimum absolute atomic E-state index is 0.617. The van der Waals surface area contributed by atoms with Crippen molar-refractivity contribution >= 4 is 23.3 Å². The Morgan fingerprint density at radius 2 is 2.24 bits per heavy atom. The van der Waals surface area contributed by atoms with E-state index in [1.807, 2.05) is 47.2 Å². The first-order chi connectivity index (χ1) is 8.29. The smallest absolute Gasteiger partial charge is 0.169 e. The number of imidazole rings is 1. The summed E-state index contributed by atoms with van der Waals surface area (Å²) in [5, 5.41) is 1.99. The Labute approximate surface area is 102 Å². The van der Waals surface area contributed by atoms with Crippen molar-refractivity contribution in [2.45, 2.75) is 6.92 Å². The molecule has 0 radical (unpaired) electrons. The highest BCUT2D eigenvalue weighted by atomic mass is 32.1. The zero-order chi connectivity index (χ0) is 11.8. The third-order valence-electron chi connectivity index (χ3n) is 2.67. The van der Waals surface area contributed by atoms with Gasteiger partial charge in [0, 0.05) is 6.20 Å². The van der Waals surface area contributed by atoms with E-state index in [1.54, 1.807) is 11.3 Å². The summed E-state index contributed by atoms with van der Waals surface area (Å²) in [5.74, 6) is 0. The molecule has 17 heavy (non-hydrogen) atoms. The molecule has 0 spiro atoms. The molecule has 4 heteroatoms. The Bertz CT molecular complexity index is 683. The van der Waals surface area contributed by atoms with E-state index in [0.29, 0.717) is 5.69 Å². The first-order valence-electron chi connectivity index (χ1n) is 5.27. The Morgan fingerprint density at radius 3 is 2.94 bits per heavy atom. The number of nitrogens with zero attached hydrogens (tertiary/aromatic N) is 2. The summed E-state index contributed by atoms with van der Waals surface area (Å²) >= 11 is 1.59. The van der Waals surface area contributed by atoms with Gasteiger partial charge in [-0.15, -0.1) is 11.3 Å². The molecule has 0 saturated carbocycles. The van der Waals surface area contributed by atoms with Crippen LogP contribution in [0.5, 0.6) is 0 Å². The second-order valence-electron chi connectivity index (χ2n) is 3.88. The molecule has 0 N–H and O–H groups in total. The molecule has 3 aromatic rings. The van der Waals surface area contributed by atoms with Gasteiger partial charge in [-0.2, -0.15) is 0 Å². The maximum Gasteiger partial charge on any atom is 0.169 e. The molecule has 3 aromatic heterocycles. The molecule has 84 valence electrons. The van der Waals surface area contributed by atoms with Gasteiger partial charge in [0.25, 0.3) is 0 Å². The molecule has 0 saturated heterocycles. The summed E-state index contributed by atoms with van der Waals surface area (Å²) in [5.41, 5.74) is 3.29. The molecule has 0 bridgehead atoms. The number of aldehydes is 1.